The molecule has 120 valence electrons. The molecule has 7 heteroatoms. The van der Waals surface area contributed by atoms with E-state index in [1.165, 1.54) is 0 Å². The molecule has 2 aliphatic heterocycles. The first-order chi connectivity index (χ1) is 10.5. The maximum atomic E-state index is 12.4. The normalized spacial score (nSPS) is 28.7. The lowest BCUT2D eigenvalue weighted by atomic mass is 10.1. The lowest BCUT2D eigenvalue weighted by molar-refractivity contribution is 0.0376. The molecule has 0 aromatic heterocycles. The van der Waals surface area contributed by atoms with Gasteiger partial charge in [0.2, 0.25) is 0 Å². The van der Waals surface area contributed by atoms with Gasteiger partial charge in [-0.25, -0.2) is 8.42 Å². The van der Waals surface area contributed by atoms with E-state index in [9.17, 15) is 18.3 Å². The topological polar surface area (TPSA) is 77.9 Å². The highest BCUT2D eigenvalue weighted by atomic mass is 32.2. The fourth-order valence-electron chi connectivity index (χ4n) is 3.18. The number of carbonyl (C=O) groups is 1. The van der Waals surface area contributed by atoms with Crippen molar-refractivity contribution in [1.82, 2.24) is 9.80 Å². The van der Waals surface area contributed by atoms with Crippen molar-refractivity contribution in [3.8, 4) is 0 Å². The van der Waals surface area contributed by atoms with Gasteiger partial charge in [0.15, 0.2) is 9.84 Å². The summed E-state index contributed by atoms with van der Waals surface area (Å²) in [7, 11) is -3.14. The number of aliphatic hydroxyl groups is 1. The lowest BCUT2D eigenvalue weighted by Gasteiger charge is -2.38. The minimum absolute atomic E-state index is 0.000146. The smallest absolute Gasteiger partial charge is 0.253 e. The van der Waals surface area contributed by atoms with Crippen molar-refractivity contribution in [2.75, 3.05) is 37.7 Å². The van der Waals surface area contributed by atoms with E-state index < -0.39 is 15.9 Å². The first-order valence-electron chi connectivity index (χ1n) is 7.43. The van der Waals surface area contributed by atoms with E-state index in [2.05, 4.69) is 0 Å². The minimum Gasteiger partial charge on any atom is -0.390 e. The van der Waals surface area contributed by atoms with E-state index in [-0.39, 0.29) is 23.5 Å². The molecule has 0 radical (unpaired) electrons. The second kappa shape index (κ2) is 5.98. The molecule has 22 heavy (non-hydrogen) atoms. The number of hydrogen-bond donors (Lipinski definition) is 1. The number of nitrogens with zero attached hydrogens (tertiary/aromatic N) is 2. The SMILES string of the molecule is O=C(c1ccccc1)N1CCN(C2CS(=O)(=O)CC2O)CC1. The zero-order chi connectivity index (χ0) is 15.7. The fraction of sp³-hybridized carbons (Fsp3) is 0.533. The molecule has 2 fully saturated rings. The Labute approximate surface area is 130 Å². The molecule has 0 aliphatic carbocycles. The monoisotopic (exact) mass is 324 g/mol. The zero-order valence-corrected chi connectivity index (χ0v) is 13.1. The highest BCUT2D eigenvalue weighted by molar-refractivity contribution is 7.91. The molecule has 1 amide bonds. The van der Waals surface area contributed by atoms with Gasteiger partial charge in [-0.1, -0.05) is 18.2 Å². The molecule has 1 aromatic rings. The van der Waals surface area contributed by atoms with Gasteiger partial charge in [0.25, 0.3) is 5.91 Å². The van der Waals surface area contributed by atoms with Crippen LogP contribution in [0.5, 0.6) is 0 Å². The molecule has 0 saturated carbocycles. The van der Waals surface area contributed by atoms with Crippen LogP contribution in [0.15, 0.2) is 30.3 Å². The molecule has 3 rings (SSSR count). The number of sulfone groups is 1. The third-order valence-corrected chi connectivity index (χ3v) is 6.08. The predicted octanol–water partition coefficient (Wildman–Crippen LogP) is -0.398. The number of benzene rings is 1. The highest BCUT2D eigenvalue weighted by Crippen LogP contribution is 2.20. The summed E-state index contributed by atoms with van der Waals surface area (Å²) in [5.41, 5.74) is 0.666. The van der Waals surface area contributed by atoms with Crippen LogP contribution < -0.4 is 0 Å². The maximum absolute atomic E-state index is 12.4. The zero-order valence-electron chi connectivity index (χ0n) is 12.3. The van der Waals surface area contributed by atoms with E-state index in [0.717, 1.165) is 0 Å². The van der Waals surface area contributed by atoms with Crippen LogP contribution in [0.4, 0.5) is 0 Å². The van der Waals surface area contributed by atoms with Gasteiger partial charge in [-0.2, -0.15) is 0 Å². The van der Waals surface area contributed by atoms with E-state index in [1.54, 1.807) is 17.0 Å². The second-order valence-electron chi connectivity index (χ2n) is 5.91. The summed E-state index contributed by atoms with van der Waals surface area (Å²) in [6.07, 6.45) is -0.818. The first-order valence-corrected chi connectivity index (χ1v) is 9.25. The van der Waals surface area contributed by atoms with Gasteiger partial charge in [-0.05, 0) is 12.1 Å². The Morgan fingerprint density at radius 2 is 1.68 bits per heavy atom. The Bertz CT molecular complexity index is 639. The van der Waals surface area contributed by atoms with Crippen LogP contribution in [0.3, 0.4) is 0 Å². The number of hydrogen-bond acceptors (Lipinski definition) is 5. The van der Waals surface area contributed by atoms with Gasteiger partial charge in [0, 0.05) is 31.7 Å². The summed E-state index contributed by atoms with van der Waals surface area (Å²) in [6, 6.07) is 8.80. The van der Waals surface area contributed by atoms with E-state index in [1.807, 2.05) is 23.1 Å². The first kappa shape index (κ1) is 15.5. The van der Waals surface area contributed by atoms with Gasteiger partial charge in [0.05, 0.1) is 23.7 Å². The summed E-state index contributed by atoms with van der Waals surface area (Å²) in [5.74, 6) is -0.137. The Balaban J connectivity index is 1.60. The van der Waals surface area contributed by atoms with Crippen LogP contribution in [0.25, 0.3) is 0 Å². The maximum Gasteiger partial charge on any atom is 0.253 e. The van der Waals surface area contributed by atoms with Crippen LogP contribution in [0.2, 0.25) is 0 Å². The van der Waals surface area contributed by atoms with Crippen molar-refractivity contribution in [1.29, 1.82) is 0 Å². The number of carbonyl (C=O) groups excluding carboxylic acids is 1. The molecule has 2 saturated heterocycles. The average molecular weight is 324 g/mol. The number of aliphatic hydroxyl groups excluding tert-OH is 1. The summed E-state index contributed by atoms with van der Waals surface area (Å²) >= 11 is 0. The van der Waals surface area contributed by atoms with Crippen molar-refractivity contribution in [2.45, 2.75) is 12.1 Å². The quantitative estimate of drug-likeness (QED) is 0.801. The summed E-state index contributed by atoms with van der Waals surface area (Å²) < 4.78 is 23.2. The van der Waals surface area contributed by atoms with Gasteiger partial charge < -0.3 is 10.0 Å². The summed E-state index contributed by atoms with van der Waals surface area (Å²) in [5, 5.41) is 9.93. The fourth-order valence-corrected chi connectivity index (χ4v) is 5.01. The van der Waals surface area contributed by atoms with Crippen molar-refractivity contribution >= 4 is 15.7 Å². The Hall–Kier alpha value is -1.44. The van der Waals surface area contributed by atoms with Crippen LogP contribution in [0.1, 0.15) is 10.4 Å². The van der Waals surface area contributed by atoms with Crippen LogP contribution in [-0.2, 0) is 9.84 Å². The van der Waals surface area contributed by atoms with Crippen molar-refractivity contribution in [3.05, 3.63) is 35.9 Å². The van der Waals surface area contributed by atoms with E-state index in [0.29, 0.717) is 31.7 Å². The standard InChI is InChI=1S/C15H20N2O4S/c18-14-11-22(20,21)10-13(14)16-6-8-17(9-7-16)15(19)12-4-2-1-3-5-12/h1-5,13-14,18H,6-11H2. The molecule has 1 aromatic carbocycles. The van der Waals surface area contributed by atoms with Gasteiger partial charge in [-0.3, -0.25) is 9.69 Å². The molecule has 2 atom stereocenters. The summed E-state index contributed by atoms with van der Waals surface area (Å²) in [4.78, 5) is 16.1. The third kappa shape index (κ3) is 3.16. The van der Waals surface area contributed by atoms with Crippen LogP contribution in [-0.4, -0.2) is 79.1 Å². The predicted molar refractivity (Wildman–Crippen MR) is 82.4 cm³/mol. The molecule has 1 N–H and O–H groups in total. The Kier molecular flexibility index (Phi) is 4.20. The molecule has 0 spiro atoms. The number of rotatable bonds is 2. The van der Waals surface area contributed by atoms with Gasteiger partial charge in [-0.15, -0.1) is 0 Å². The van der Waals surface area contributed by atoms with E-state index >= 15 is 0 Å². The molecule has 0 bridgehead atoms. The lowest BCUT2D eigenvalue weighted by Crippen LogP contribution is -2.54. The van der Waals surface area contributed by atoms with Gasteiger partial charge >= 0.3 is 0 Å². The molecule has 2 unspecified atom stereocenters. The van der Waals surface area contributed by atoms with E-state index in [4.69, 9.17) is 0 Å². The molecule has 6 nitrogen and oxygen atoms in total. The number of amides is 1. The van der Waals surface area contributed by atoms with Crippen molar-refractivity contribution in [3.63, 3.8) is 0 Å². The second-order valence-corrected chi connectivity index (χ2v) is 8.06. The Morgan fingerprint density at radius 3 is 2.23 bits per heavy atom. The largest absolute Gasteiger partial charge is 0.390 e. The van der Waals surface area contributed by atoms with Crippen LogP contribution in [0, 0.1) is 0 Å². The minimum atomic E-state index is -3.14. The van der Waals surface area contributed by atoms with Crippen LogP contribution >= 0.6 is 0 Å². The number of piperazine rings is 1. The summed E-state index contributed by atoms with van der Waals surface area (Å²) in [6.45, 7) is 2.29. The van der Waals surface area contributed by atoms with Crippen molar-refractivity contribution in [2.24, 2.45) is 0 Å². The molecular weight excluding hydrogens is 304 g/mol. The third-order valence-electron chi connectivity index (χ3n) is 4.38. The Morgan fingerprint density at radius 1 is 1.05 bits per heavy atom. The molecular formula is C15H20N2O4S. The van der Waals surface area contributed by atoms with Gasteiger partial charge in [0.1, 0.15) is 0 Å². The van der Waals surface area contributed by atoms with Crippen molar-refractivity contribution < 1.29 is 18.3 Å². The average Bonchev–Trinajstić information content (AvgIpc) is 2.80. The molecule has 2 aliphatic rings. The molecule has 2 heterocycles. The highest BCUT2D eigenvalue weighted by Gasteiger charge is 2.41.